The molecule has 88 valence electrons. The molecule has 0 amide bonds. The highest BCUT2D eigenvalue weighted by Gasteiger charge is 2.16. The van der Waals surface area contributed by atoms with Crippen LogP contribution in [-0.2, 0) is 4.74 Å². The summed E-state index contributed by atoms with van der Waals surface area (Å²) in [7, 11) is 0. The van der Waals surface area contributed by atoms with E-state index in [1.807, 2.05) is 6.07 Å². The van der Waals surface area contributed by atoms with Gasteiger partial charge in [-0.2, -0.15) is 5.10 Å². The minimum Gasteiger partial charge on any atom is -0.462 e. The van der Waals surface area contributed by atoms with E-state index < -0.39 is 5.97 Å². The lowest BCUT2D eigenvalue weighted by Gasteiger charge is -2.03. The highest BCUT2D eigenvalue weighted by atomic mass is 32.1. The summed E-state index contributed by atoms with van der Waals surface area (Å²) in [5.74, 6) is 0.174. The Bertz CT molecular complexity index is 525. The Balaban J connectivity index is 2.37. The van der Waals surface area contributed by atoms with E-state index in [0.717, 1.165) is 0 Å². The Morgan fingerprint density at radius 1 is 1.53 bits per heavy atom. The maximum atomic E-state index is 11.6. The zero-order valence-corrected chi connectivity index (χ0v) is 10.1. The Morgan fingerprint density at radius 2 is 2.35 bits per heavy atom. The number of aromatic nitrogens is 3. The molecule has 17 heavy (non-hydrogen) atoms. The first-order valence-corrected chi connectivity index (χ1v) is 5.54. The fourth-order valence-electron chi connectivity index (χ4n) is 1.34. The number of pyridine rings is 1. The summed E-state index contributed by atoms with van der Waals surface area (Å²) >= 11 is 4.27. The molecule has 0 radical (unpaired) electrons. The van der Waals surface area contributed by atoms with Crippen LogP contribution in [0.15, 0.2) is 35.6 Å². The lowest BCUT2D eigenvalue weighted by molar-refractivity contribution is 0.0522. The van der Waals surface area contributed by atoms with Crippen LogP contribution in [0.1, 0.15) is 17.3 Å². The predicted octanol–water partition coefficient (Wildman–Crippen LogP) is 1.73. The summed E-state index contributed by atoms with van der Waals surface area (Å²) in [4.78, 5) is 15.7. The Hall–Kier alpha value is -1.82. The number of rotatable bonds is 3. The third-order valence-corrected chi connectivity index (χ3v) is 2.54. The average molecular weight is 249 g/mol. The Labute approximate surface area is 104 Å². The van der Waals surface area contributed by atoms with Crippen LogP contribution in [-0.4, -0.2) is 27.3 Å². The van der Waals surface area contributed by atoms with Gasteiger partial charge >= 0.3 is 5.97 Å². The van der Waals surface area contributed by atoms with Gasteiger partial charge in [0.15, 0.2) is 5.82 Å². The van der Waals surface area contributed by atoms with Crippen molar-refractivity contribution < 1.29 is 9.53 Å². The molecule has 0 saturated carbocycles. The van der Waals surface area contributed by atoms with E-state index in [9.17, 15) is 4.79 Å². The summed E-state index contributed by atoms with van der Waals surface area (Å²) < 4.78 is 6.38. The number of thiol groups is 1. The quantitative estimate of drug-likeness (QED) is 0.665. The van der Waals surface area contributed by atoms with Gasteiger partial charge in [0.1, 0.15) is 10.6 Å². The lowest BCUT2D eigenvalue weighted by atomic mass is 10.4. The monoisotopic (exact) mass is 249 g/mol. The maximum Gasteiger partial charge on any atom is 0.342 e. The zero-order valence-electron chi connectivity index (χ0n) is 9.20. The first kappa shape index (κ1) is 11.7. The molecule has 0 aromatic carbocycles. The summed E-state index contributed by atoms with van der Waals surface area (Å²) in [6, 6.07) is 5.42. The van der Waals surface area contributed by atoms with Gasteiger partial charge in [-0.3, -0.25) is 0 Å². The average Bonchev–Trinajstić information content (AvgIpc) is 2.72. The number of hydrogen-bond donors (Lipinski definition) is 1. The predicted molar refractivity (Wildman–Crippen MR) is 64.6 cm³/mol. The van der Waals surface area contributed by atoms with E-state index >= 15 is 0 Å². The Morgan fingerprint density at radius 3 is 3.00 bits per heavy atom. The van der Waals surface area contributed by atoms with Crippen molar-refractivity contribution in [2.24, 2.45) is 0 Å². The van der Waals surface area contributed by atoms with Crippen molar-refractivity contribution >= 4 is 18.6 Å². The number of nitrogens with zero attached hydrogens (tertiary/aromatic N) is 3. The standard InChI is InChI=1S/C11H11N3O2S/c1-2-16-11(15)8-7-13-14(10(8)17)9-5-3-4-6-12-9/h3-7,17H,2H2,1H3. The summed E-state index contributed by atoms with van der Waals surface area (Å²) in [6.45, 7) is 2.07. The van der Waals surface area contributed by atoms with E-state index in [4.69, 9.17) is 4.74 Å². The molecule has 0 spiro atoms. The van der Waals surface area contributed by atoms with Gasteiger partial charge in [0.25, 0.3) is 0 Å². The van der Waals surface area contributed by atoms with E-state index in [2.05, 4.69) is 22.7 Å². The van der Waals surface area contributed by atoms with Crippen LogP contribution in [0, 0.1) is 0 Å². The van der Waals surface area contributed by atoms with Crippen molar-refractivity contribution in [3.8, 4) is 5.82 Å². The first-order valence-electron chi connectivity index (χ1n) is 5.09. The molecule has 0 unspecified atom stereocenters. The molecule has 0 saturated heterocycles. The first-order chi connectivity index (χ1) is 8.24. The number of carbonyl (C=O) groups is 1. The van der Waals surface area contributed by atoms with Crippen molar-refractivity contribution in [1.82, 2.24) is 14.8 Å². The number of esters is 1. The van der Waals surface area contributed by atoms with Gasteiger partial charge in [-0.05, 0) is 19.1 Å². The fourth-order valence-corrected chi connectivity index (χ4v) is 1.64. The van der Waals surface area contributed by atoms with E-state index in [-0.39, 0.29) is 0 Å². The topological polar surface area (TPSA) is 57.0 Å². The van der Waals surface area contributed by atoms with Crippen molar-refractivity contribution in [1.29, 1.82) is 0 Å². The van der Waals surface area contributed by atoms with Crippen LogP contribution in [0.5, 0.6) is 0 Å². The normalized spacial score (nSPS) is 10.2. The van der Waals surface area contributed by atoms with Gasteiger partial charge < -0.3 is 4.74 Å². The molecule has 0 fully saturated rings. The van der Waals surface area contributed by atoms with E-state index in [1.165, 1.54) is 10.9 Å². The van der Waals surface area contributed by atoms with Gasteiger partial charge in [-0.1, -0.05) is 6.07 Å². The van der Waals surface area contributed by atoms with Crippen LogP contribution < -0.4 is 0 Å². The molecular formula is C11H11N3O2S. The van der Waals surface area contributed by atoms with Gasteiger partial charge in [0.05, 0.1) is 12.8 Å². The van der Waals surface area contributed by atoms with Gasteiger partial charge in [0, 0.05) is 6.20 Å². The molecule has 2 rings (SSSR count). The number of carbonyl (C=O) groups excluding carboxylic acids is 1. The second kappa shape index (κ2) is 5.01. The second-order valence-electron chi connectivity index (χ2n) is 3.20. The molecule has 2 aromatic heterocycles. The van der Waals surface area contributed by atoms with Crippen LogP contribution in [0.3, 0.4) is 0 Å². The lowest BCUT2D eigenvalue weighted by Crippen LogP contribution is -2.05. The molecule has 2 heterocycles. The molecular weight excluding hydrogens is 238 g/mol. The molecule has 0 N–H and O–H groups in total. The van der Waals surface area contributed by atoms with Crippen LogP contribution in [0.4, 0.5) is 0 Å². The fraction of sp³-hybridized carbons (Fsp3) is 0.182. The molecule has 5 nitrogen and oxygen atoms in total. The third kappa shape index (κ3) is 2.31. The summed E-state index contributed by atoms with van der Waals surface area (Å²) in [5, 5.41) is 4.48. The minimum atomic E-state index is -0.431. The smallest absolute Gasteiger partial charge is 0.342 e. The Kier molecular flexibility index (Phi) is 3.43. The van der Waals surface area contributed by atoms with Gasteiger partial charge in [0.2, 0.25) is 0 Å². The van der Waals surface area contributed by atoms with Crippen LogP contribution in [0.2, 0.25) is 0 Å². The molecule has 6 heteroatoms. The maximum absolute atomic E-state index is 11.6. The zero-order chi connectivity index (χ0) is 12.3. The number of hydrogen-bond acceptors (Lipinski definition) is 5. The van der Waals surface area contributed by atoms with Crippen molar-refractivity contribution in [2.45, 2.75) is 11.9 Å². The minimum absolute atomic E-state index is 0.320. The largest absolute Gasteiger partial charge is 0.462 e. The van der Waals surface area contributed by atoms with Gasteiger partial charge in [-0.15, -0.1) is 12.6 Å². The molecule has 0 aliphatic rings. The van der Waals surface area contributed by atoms with Crippen molar-refractivity contribution in [2.75, 3.05) is 6.61 Å². The number of ether oxygens (including phenoxy) is 1. The molecule has 0 bridgehead atoms. The highest BCUT2D eigenvalue weighted by Crippen LogP contribution is 2.17. The summed E-state index contributed by atoms with van der Waals surface area (Å²) in [6.07, 6.45) is 3.07. The molecule has 2 aromatic rings. The SMILES string of the molecule is CCOC(=O)c1cnn(-c2ccccn2)c1S. The van der Waals surface area contributed by atoms with Crippen LogP contribution >= 0.6 is 12.6 Å². The van der Waals surface area contributed by atoms with Gasteiger partial charge in [-0.25, -0.2) is 14.5 Å². The van der Waals surface area contributed by atoms with E-state index in [0.29, 0.717) is 23.0 Å². The second-order valence-corrected chi connectivity index (χ2v) is 3.63. The van der Waals surface area contributed by atoms with E-state index in [1.54, 1.807) is 25.3 Å². The van der Waals surface area contributed by atoms with Crippen molar-refractivity contribution in [3.05, 3.63) is 36.2 Å². The summed E-state index contributed by atoms with van der Waals surface area (Å²) in [5.41, 5.74) is 0.334. The molecule has 0 aliphatic carbocycles. The molecule has 0 atom stereocenters. The highest BCUT2D eigenvalue weighted by molar-refractivity contribution is 7.80. The molecule has 0 aliphatic heterocycles. The van der Waals surface area contributed by atoms with Crippen molar-refractivity contribution in [3.63, 3.8) is 0 Å². The third-order valence-electron chi connectivity index (χ3n) is 2.11. The van der Waals surface area contributed by atoms with Crippen LogP contribution in [0.25, 0.3) is 5.82 Å².